The highest BCUT2D eigenvalue weighted by Crippen LogP contribution is 2.28. The first kappa shape index (κ1) is 16.0. The fourth-order valence-electron chi connectivity index (χ4n) is 2.54. The van der Waals surface area contributed by atoms with E-state index in [0.717, 1.165) is 17.8 Å². The Morgan fingerprint density at radius 3 is 2.71 bits per heavy atom. The Morgan fingerprint density at radius 1 is 1.43 bits per heavy atom. The predicted octanol–water partition coefficient (Wildman–Crippen LogP) is 3.59. The van der Waals surface area contributed by atoms with Crippen LogP contribution in [0.4, 0.5) is 4.39 Å². The molecule has 0 aliphatic heterocycles. The van der Waals surface area contributed by atoms with Crippen molar-refractivity contribution < 1.29 is 4.39 Å². The molecule has 0 spiro atoms. The molecule has 3 nitrogen and oxygen atoms in total. The van der Waals surface area contributed by atoms with Crippen LogP contribution < -0.4 is 5.32 Å². The second kappa shape index (κ2) is 6.58. The van der Waals surface area contributed by atoms with Crippen LogP contribution in [-0.2, 0) is 19.9 Å². The summed E-state index contributed by atoms with van der Waals surface area (Å²) < 4.78 is 16.1. The van der Waals surface area contributed by atoms with Gasteiger partial charge in [0.05, 0.1) is 16.4 Å². The lowest BCUT2D eigenvalue weighted by molar-refractivity contribution is 0.516. The Hall–Kier alpha value is -1.39. The average Bonchev–Trinajstić information content (AvgIpc) is 2.74. The molecule has 0 aliphatic carbocycles. The molecule has 1 heterocycles. The molecule has 0 bridgehead atoms. The number of nitrogens with one attached hydrogen (secondary N) is 1. The van der Waals surface area contributed by atoms with E-state index in [-0.39, 0.29) is 11.9 Å². The van der Waals surface area contributed by atoms with Gasteiger partial charge >= 0.3 is 0 Å². The van der Waals surface area contributed by atoms with E-state index in [1.54, 1.807) is 17.7 Å². The molecule has 21 heavy (non-hydrogen) atoms. The zero-order valence-electron chi connectivity index (χ0n) is 12.9. The molecule has 1 aromatic heterocycles. The molecule has 1 aromatic carbocycles. The number of benzene rings is 1. The summed E-state index contributed by atoms with van der Waals surface area (Å²) in [6, 6.07) is 5.33. The van der Waals surface area contributed by atoms with Gasteiger partial charge in [0.1, 0.15) is 5.82 Å². The van der Waals surface area contributed by atoms with Crippen LogP contribution in [0.25, 0.3) is 0 Å². The number of hydrogen-bond acceptors (Lipinski definition) is 2. The number of hydrogen-bond donors (Lipinski definition) is 1. The van der Waals surface area contributed by atoms with E-state index in [9.17, 15) is 4.39 Å². The van der Waals surface area contributed by atoms with Crippen LogP contribution in [0.3, 0.4) is 0 Å². The van der Waals surface area contributed by atoms with Crippen molar-refractivity contribution in [1.29, 1.82) is 0 Å². The highest BCUT2D eigenvalue weighted by Gasteiger charge is 2.21. The van der Waals surface area contributed by atoms with Crippen LogP contribution in [0.2, 0.25) is 5.02 Å². The number of rotatable bonds is 5. The molecule has 1 N–H and O–H groups in total. The molecule has 0 amide bonds. The zero-order valence-corrected chi connectivity index (χ0v) is 13.6. The molecule has 0 radical (unpaired) electrons. The summed E-state index contributed by atoms with van der Waals surface area (Å²) >= 11 is 6.38. The topological polar surface area (TPSA) is 29.9 Å². The number of likely N-dealkylation sites (N-methyl/N-ethyl adjacent to an activating group) is 1. The lowest BCUT2D eigenvalue weighted by Gasteiger charge is -2.18. The molecule has 114 valence electrons. The van der Waals surface area contributed by atoms with Crippen LogP contribution in [0.5, 0.6) is 0 Å². The van der Waals surface area contributed by atoms with Crippen LogP contribution in [-0.4, -0.2) is 16.8 Å². The minimum absolute atomic E-state index is 0.137. The molecule has 0 fully saturated rings. The van der Waals surface area contributed by atoms with E-state index in [1.165, 1.54) is 0 Å². The molecule has 0 aliphatic rings. The molecule has 5 heteroatoms. The lowest BCUT2D eigenvalue weighted by Crippen LogP contribution is -2.21. The molecular weight excluding hydrogens is 289 g/mol. The second-order valence-electron chi connectivity index (χ2n) is 5.21. The third kappa shape index (κ3) is 3.11. The van der Waals surface area contributed by atoms with E-state index in [1.807, 2.05) is 33.2 Å². The first-order valence-electron chi connectivity index (χ1n) is 7.12. The Morgan fingerprint density at radius 2 is 2.14 bits per heavy atom. The van der Waals surface area contributed by atoms with Crippen molar-refractivity contribution in [3.8, 4) is 0 Å². The molecule has 0 saturated heterocycles. The maximum Gasteiger partial charge on any atom is 0.130 e. The van der Waals surface area contributed by atoms with Crippen LogP contribution in [0.1, 0.15) is 35.5 Å². The molecule has 1 unspecified atom stereocenters. The maximum atomic E-state index is 14.3. The molecule has 2 aromatic rings. The van der Waals surface area contributed by atoms with Gasteiger partial charge in [-0.15, -0.1) is 0 Å². The summed E-state index contributed by atoms with van der Waals surface area (Å²) in [6.45, 7) is 3.80. The Bertz CT molecular complexity index is 637. The summed E-state index contributed by atoms with van der Waals surface area (Å²) in [4.78, 5) is 0. The van der Waals surface area contributed by atoms with Gasteiger partial charge in [-0.2, -0.15) is 5.10 Å². The van der Waals surface area contributed by atoms with Gasteiger partial charge in [0.15, 0.2) is 0 Å². The van der Waals surface area contributed by atoms with Gasteiger partial charge in [0.25, 0.3) is 0 Å². The van der Waals surface area contributed by atoms with E-state index in [0.29, 0.717) is 22.6 Å². The van der Waals surface area contributed by atoms with E-state index >= 15 is 0 Å². The van der Waals surface area contributed by atoms with Gasteiger partial charge in [0, 0.05) is 25.1 Å². The fourth-order valence-corrected chi connectivity index (χ4v) is 2.91. The summed E-state index contributed by atoms with van der Waals surface area (Å²) in [7, 11) is 3.71. The zero-order chi connectivity index (χ0) is 15.6. The first-order chi connectivity index (χ1) is 9.99. The Kier molecular flexibility index (Phi) is 5.01. The van der Waals surface area contributed by atoms with Crippen LogP contribution in [0.15, 0.2) is 18.2 Å². The van der Waals surface area contributed by atoms with Crippen molar-refractivity contribution in [3.63, 3.8) is 0 Å². The number of aryl methyl sites for hydroxylation is 3. The van der Waals surface area contributed by atoms with Crippen molar-refractivity contribution in [2.24, 2.45) is 7.05 Å². The Labute approximate surface area is 130 Å². The molecule has 2 rings (SSSR count). The van der Waals surface area contributed by atoms with Crippen LogP contribution >= 0.6 is 11.6 Å². The van der Waals surface area contributed by atoms with E-state index < -0.39 is 0 Å². The monoisotopic (exact) mass is 309 g/mol. The number of aromatic nitrogens is 2. The van der Waals surface area contributed by atoms with Crippen molar-refractivity contribution in [3.05, 3.63) is 51.6 Å². The highest BCUT2D eigenvalue weighted by molar-refractivity contribution is 6.31. The quantitative estimate of drug-likeness (QED) is 0.915. The van der Waals surface area contributed by atoms with Gasteiger partial charge in [-0.25, -0.2) is 4.39 Å². The minimum Gasteiger partial charge on any atom is -0.313 e. The van der Waals surface area contributed by atoms with Crippen molar-refractivity contribution in [1.82, 2.24) is 15.1 Å². The van der Waals surface area contributed by atoms with Crippen LogP contribution in [0, 0.1) is 12.7 Å². The van der Waals surface area contributed by atoms with E-state index in [2.05, 4.69) is 10.4 Å². The summed E-state index contributed by atoms with van der Waals surface area (Å²) in [5, 5.41) is 8.28. The van der Waals surface area contributed by atoms with Crippen molar-refractivity contribution >= 4 is 11.6 Å². The van der Waals surface area contributed by atoms with Gasteiger partial charge in [-0.3, -0.25) is 4.68 Å². The largest absolute Gasteiger partial charge is 0.313 e. The number of halogens is 2. The third-order valence-corrected chi connectivity index (χ3v) is 4.28. The summed E-state index contributed by atoms with van der Waals surface area (Å²) in [5.41, 5.74) is 3.12. The average molecular weight is 310 g/mol. The van der Waals surface area contributed by atoms with Gasteiger partial charge in [0.2, 0.25) is 0 Å². The standard InChI is InChI=1S/C16H21ClFN3/c1-5-12-15(17)14(21(4)20-12)9-13(19-3)11-8-6-7-10(2)16(11)18/h6-8,13,19H,5,9H2,1-4H3. The summed E-state index contributed by atoms with van der Waals surface area (Å²) in [5.74, 6) is -0.161. The molecule has 1 atom stereocenters. The van der Waals surface area contributed by atoms with Crippen molar-refractivity contribution in [2.45, 2.75) is 32.7 Å². The second-order valence-corrected chi connectivity index (χ2v) is 5.59. The first-order valence-corrected chi connectivity index (χ1v) is 7.49. The molecular formula is C16H21ClFN3. The smallest absolute Gasteiger partial charge is 0.130 e. The Balaban J connectivity index is 2.36. The van der Waals surface area contributed by atoms with Gasteiger partial charge in [-0.1, -0.05) is 36.7 Å². The summed E-state index contributed by atoms with van der Waals surface area (Å²) in [6.07, 6.45) is 1.38. The van der Waals surface area contributed by atoms with Gasteiger partial charge in [-0.05, 0) is 26.0 Å². The van der Waals surface area contributed by atoms with E-state index in [4.69, 9.17) is 11.6 Å². The SMILES string of the molecule is CCc1nn(C)c(CC(NC)c2cccc(C)c2F)c1Cl. The predicted molar refractivity (Wildman–Crippen MR) is 84.2 cm³/mol. The van der Waals surface area contributed by atoms with Gasteiger partial charge < -0.3 is 5.32 Å². The third-order valence-electron chi connectivity index (χ3n) is 3.85. The maximum absolute atomic E-state index is 14.3. The fraction of sp³-hybridized carbons (Fsp3) is 0.438. The normalized spacial score (nSPS) is 12.7. The highest BCUT2D eigenvalue weighted by atomic mass is 35.5. The number of nitrogens with zero attached hydrogens (tertiary/aromatic N) is 2. The lowest BCUT2D eigenvalue weighted by atomic mass is 9.99. The van der Waals surface area contributed by atoms with Crippen molar-refractivity contribution in [2.75, 3.05) is 7.05 Å². The minimum atomic E-state index is -0.161. The molecule has 0 saturated carbocycles.